The number of rotatable bonds is 5. The molecule has 0 spiro atoms. The van der Waals surface area contributed by atoms with Gasteiger partial charge in [-0.05, 0) is 43.3 Å². The SMILES string of the molecule is CC1CN(C(=O)c2ccc(CSc3ccc(-c4ccc(Cl)cc4)nn3)o2)CCN1. The summed E-state index contributed by atoms with van der Waals surface area (Å²) in [4.78, 5) is 14.4. The zero-order valence-electron chi connectivity index (χ0n) is 16.0. The van der Waals surface area contributed by atoms with E-state index in [-0.39, 0.29) is 5.91 Å². The Labute approximate surface area is 178 Å². The number of amides is 1. The molecule has 1 aliphatic rings. The molecule has 4 rings (SSSR count). The molecule has 3 aromatic rings. The van der Waals surface area contributed by atoms with Gasteiger partial charge in [0.15, 0.2) is 5.76 Å². The molecule has 0 radical (unpaired) electrons. The Morgan fingerprint density at radius 1 is 1.21 bits per heavy atom. The highest BCUT2D eigenvalue weighted by atomic mass is 35.5. The number of hydrogen-bond donors (Lipinski definition) is 1. The van der Waals surface area contributed by atoms with Crippen LogP contribution in [0.4, 0.5) is 0 Å². The minimum absolute atomic E-state index is 0.0540. The fourth-order valence-corrected chi connectivity index (χ4v) is 3.99. The van der Waals surface area contributed by atoms with Crippen LogP contribution in [0, 0.1) is 0 Å². The molecule has 1 atom stereocenters. The summed E-state index contributed by atoms with van der Waals surface area (Å²) in [7, 11) is 0. The molecule has 1 saturated heterocycles. The van der Waals surface area contributed by atoms with Crippen LogP contribution in [-0.4, -0.2) is 46.7 Å². The van der Waals surface area contributed by atoms with Crippen LogP contribution in [0.2, 0.25) is 5.02 Å². The lowest BCUT2D eigenvalue weighted by molar-refractivity contribution is 0.0675. The van der Waals surface area contributed by atoms with Crippen molar-refractivity contribution >= 4 is 29.3 Å². The summed E-state index contributed by atoms with van der Waals surface area (Å²) in [6.45, 7) is 4.27. The number of hydrogen-bond acceptors (Lipinski definition) is 6. The lowest BCUT2D eigenvalue weighted by atomic mass is 10.1. The van der Waals surface area contributed by atoms with Crippen LogP contribution < -0.4 is 5.32 Å². The third-order valence-electron chi connectivity index (χ3n) is 4.67. The third-order valence-corrected chi connectivity index (χ3v) is 5.87. The Balaban J connectivity index is 1.35. The van der Waals surface area contributed by atoms with Gasteiger partial charge in [-0.1, -0.05) is 35.5 Å². The first-order chi connectivity index (χ1) is 14.1. The van der Waals surface area contributed by atoms with Gasteiger partial charge in [0, 0.05) is 36.3 Å². The Kier molecular flexibility index (Phi) is 6.18. The summed E-state index contributed by atoms with van der Waals surface area (Å²) in [6.07, 6.45) is 0. The topological polar surface area (TPSA) is 71.3 Å². The number of aromatic nitrogens is 2. The van der Waals surface area contributed by atoms with Crippen molar-refractivity contribution in [3.8, 4) is 11.3 Å². The predicted octanol–water partition coefficient (Wildman–Crippen LogP) is 4.12. The van der Waals surface area contributed by atoms with Crippen molar-refractivity contribution in [3.05, 3.63) is 65.1 Å². The maximum Gasteiger partial charge on any atom is 0.289 e. The summed E-state index contributed by atoms with van der Waals surface area (Å²) in [6, 6.07) is 15.3. The fraction of sp³-hybridized carbons (Fsp3) is 0.286. The molecule has 1 N–H and O–H groups in total. The van der Waals surface area contributed by atoms with E-state index >= 15 is 0 Å². The molecule has 1 aliphatic heterocycles. The van der Waals surface area contributed by atoms with Gasteiger partial charge in [-0.15, -0.1) is 10.2 Å². The molecule has 0 aliphatic carbocycles. The van der Waals surface area contributed by atoms with Crippen molar-refractivity contribution in [1.82, 2.24) is 20.4 Å². The van der Waals surface area contributed by atoms with Crippen molar-refractivity contribution in [1.29, 1.82) is 0 Å². The van der Waals surface area contributed by atoms with Gasteiger partial charge in [-0.25, -0.2) is 0 Å². The fourth-order valence-electron chi connectivity index (χ4n) is 3.16. The molecule has 2 aromatic heterocycles. The number of carbonyl (C=O) groups is 1. The zero-order valence-corrected chi connectivity index (χ0v) is 17.5. The van der Waals surface area contributed by atoms with Gasteiger partial charge in [-0.2, -0.15) is 0 Å². The molecule has 1 aromatic carbocycles. The van der Waals surface area contributed by atoms with Crippen LogP contribution in [0.15, 0.2) is 58.0 Å². The quantitative estimate of drug-likeness (QED) is 0.616. The van der Waals surface area contributed by atoms with Crippen LogP contribution in [0.5, 0.6) is 0 Å². The van der Waals surface area contributed by atoms with Crippen molar-refractivity contribution in [2.75, 3.05) is 19.6 Å². The minimum Gasteiger partial charge on any atom is -0.455 e. The molecule has 3 heterocycles. The van der Waals surface area contributed by atoms with E-state index < -0.39 is 0 Å². The lowest BCUT2D eigenvalue weighted by Crippen LogP contribution is -2.51. The summed E-state index contributed by atoms with van der Waals surface area (Å²) in [5, 5.41) is 13.4. The van der Waals surface area contributed by atoms with Crippen LogP contribution >= 0.6 is 23.4 Å². The summed E-state index contributed by atoms with van der Waals surface area (Å²) in [5.41, 5.74) is 1.76. The summed E-state index contributed by atoms with van der Waals surface area (Å²) >= 11 is 7.44. The van der Waals surface area contributed by atoms with Gasteiger partial charge in [0.1, 0.15) is 10.8 Å². The van der Waals surface area contributed by atoms with Crippen molar-refractivity contribution < 1.29 is 9.21 Å². The lowest BCUT2D eigenvalue weighted by Gasteiger charge is -2.31. The van der Waals surface area contributed by atoms with Crippen molar-refractivity contribution in [2.45, 2.75) is 23.7 Å². The maximum atomic E-state index is 12.6. The third kappa shape index (κ3) is 4.98. The monoisotopic (exact) mass is 428 g/mol. The second kappa shape index (κ2) is 8.98. The number of furan rings is 1. The Hall–Kier alpha value is -2.35. The predicted molar refractivity (Wildman–Crippen MR) is 114 cm³/mol. The second-order valence-electron chi connectivity index (χ2n) is 6.92. The largest absolute Gasteiger partial charge is 0.455 e. The number of halogens is 1. The molecule has 1 amide bonds. The van der Waals surface area contributed by atoms with Crippen molar-refractivity contribution in [3.63, 3.8) is 0 Å². The van der Waals surface area contributed by atoms with E-state index in [9.17, 15) is 4.79 Å². The first-order valence-electron chi connectivity index (χ1n) is 9.42. The van der Waals surface area contributed by atoms with Gasteiger partial charge < -0.3 is 14.6 Å². The number of carbonyl (C=O) groups excluding carboxylic acids is 1. The molecule has 0 saturated carbocycles. The average molecular weight is 429 g/mol. The highest BCUT2D eigenvalue weighted by Gasteiger charge is 2.23. The normalized spacial score (nSPS) is 16.8. The number of benzene rings is 1. The number of nitrogens with one attached hydrogen (secondary N) is 1. The van der Waals surface area contributed by atoms with E-state index in [2.05, 4.69) is 22.4 Å². The molecule has 0 bridgehead atoms. The molecule has 29 heavy (non-hydrogen) atoms. The van der Waals surface area contributed by atoms with Gasteiger partial charge in [0.25, 0.3) is 5.91 Å². The highest BCUT2D eigenvalue weighted by Crippen LogP contribution is 2.25. The zero-order chi connectivity index (χ0) is 20.2. The van der Waals surface area contributed by atoms with E-state index in [1.54, 1.807) is 6.07 Å². The van der Waals surface area contributed by atoms with Crippen LogP contribution in [0.3, 0.4) is 0 Å². The molecule has 1 unspecified atom stereocenters. The molecule has 1 fully saturated rings. The maximum absolute atomic E-state index is 12.6. The number of nitrogens with zero attached hydrogens (tertiary/aromatic N) is 3. The molecular formula is C21H21ClN4O2S. The first-order valence-corrected chi connectivity index (χ1v) is 10.8. The Morgan fingerprint density at radius 3 is 2.76 bits per heavy atom. The summed E-state index contributed by atoms with van der Waals surface area (Å²) < 4.78 is 5.77. The minimum atomic E-state index is -0.0540. The van der Waals surface area contributed by atoms with E-state index in [0.29, 0.717) is 35.7 Å². The van der Waals surface area contributed by atoms with Gasteiger partial charge >= 0.3 is 0 Å². The van der Waals surface area contributed by atoms with Gasteiger partial charge in [0.05, 0.1) is 11.4 Å². The Bertz CT molecular complexity index is 975. The number of piperazine rings is 1. The van der Waals surface area contributed by atoms with E-state index in [0.717, 1.165) is 28.6 Å². The van der Waals surface area contributed by atoms with E-state index in [1.165, 1.54) is 11.8 Å². The summed E-state index contributed by atoms with van der Waals surface area (Å²) in [5.74, 6) is 1.66. The van der Waals surface area contributed by atoms with Crippen LogP contribution in [-0.2, 0) is 5.75 Å². The van der Waals surface area contributed by atoms with Crippen LogP contribution in [0.1, 0.15) is 23.2 Å². The molecule has 150 valence electrons. The standard InChI is InChI=1S/C21H21ClN4O2S/c1-14-12-26(11-10-23-14)21(27)19-8-6-17(28-19)13-29-20-9-7-18(24-25-20)15-2-4-16(22)5-3-15/h2-9,14,23H,10-13H2,1H3. The van der Waals surface area contributed by atoms with Crippen LogP contribution in [0.25, 0.3) is 11.3 Å². The van der Waals surface area contributed by atoms with Gasteiger partial charge in [-0.3, -0.25) is 4.79 Å². The van der Waals surface area contributed by atoms with Crippen molar-refractivity contribution in [2.24, 2.45) is 0 Å². The Morgan fingerprint density at radius 2 is 2.03 bits per heavy atom. The number of thioether (sulfide) groups is 1. The molecule has 6 nitrogen and oxygen atoms in total. The molecular weight excluding hydrogens is 408 g/mol. The van der Waals surface area contributed by atoms with E-state index in [1.807, 2.05) is 47.4 Å². The average Bonchev–Trinajstić information content (AvgIpc) is 3.22. The second-order valence-corrected chi connectivity index (χ2v) is 8.36. The smallest absolute Gasteiger partial charge is 0.289 e. The molecule has 8 heteroatoms. The van der Waals surface area contributed by atoms with Gasteiger partial charge in [0.2, 0.25) is 0 Å². The highest BCUT2D eigenvalue weighted by molar-refractivity contribution is 7.98. The first kappa shape index (κ1) is 19.9. The van der Waals surface area contributed by atoms with E-state index in [4.69, 9.17) is 16.0 Å².